The lowest BCUT2D eigenvalue weighted by molar-refractivity contribution is 0.0526. The van der Waals surface area contributed by atoms with Crippen molar-refractivity contribution in [2.24, 2.45) is 0 Å². The van der Waals surface area contributed by atoms with E-state index >= 15 is 0 Å². The topological polar surface area (TPSA) is 89.8 Å². The van der Waals surface area contributed by atoms with Crippen molar-refractivity contribution >= 4 is 28.5 Å². The van der Waals surface area contributed by atoms with Crippen LogP contribution >= 0.6 is 0 Å². The van der Waals surface area contributed by atoms with Gasteiger partial charge in [0.25, 0.3) is 5.91 Å². The molecular formula is C26H32N2O5. The summed E-state index contributed by atoms with van der Waals surface area (Å²) in [5.41, 5.74) is 2.36. The number of hydrogen-bond donors (Lipinski definition) is 2. The number of carbonyl (C=O) groups excluding carboxylic acids is 2. The molecule has 0 saturated heterocycles. The van der Waals surface area contributed by atoms with Gasteiger partial charge in [-0.3, -0.25) is 4.79 Å². The van der Waals surface area contributed by atoms with Crippen LogP contribution in [0.25, 0.3) is 11.0 Å². The zero-order chi connectivity index (χ0) is 24.0. The average Bonchev–Trinajstić information content (AvgIpc) is 3.11. The van der Waals surface area contributed by atoms with Gasteiger partial charge in [-0.1, -0.05) is 6.07 Å². The molecule has 0 atom stereocenters. The number of esters is 1. The molecule has 3 rings (SSSR count). The zero-order valence-electron chi connectivity index (χ0n) is 19.9. The molecule has 0 aliphatic rings. The average molecular weight is 453 g/mol. The van der Waals surface area contributed by atoms with Gasteiger partial charge in [-0.2, -0.15) is 0 Å². The number of aryl methyl sites for hydroxylation is 1. The molecule has 0 saturated carbocycles. The molecule has 7 heteroatoms. The fourth-order valence-electron chi connectivity index (χ4n) is 3.41. The first-order valence-corrected chi connectivity index (χ1v) is 11.2. The van der Waals surface area contributed by atoms with Crippen LogP contribution in [0.1, 0.15) is 60.6 Å². The first kappa shape index (κ1) is 24.3. The molecule has 176 valence electrons. The van der Waals surface area contributed by atoms with Crippen molar-refractivity contribution in [2.45, 2.75) is 46.6 Å². The van der Waals surface area contributed by atoms with Gasteiger partial charge < -0.3 is 24.5 Å². The highest BCUT2D eigenvalue weighted by Crippen LogP contribution is 2.33. The number of carbonyl (C=O) groups is 2. The summed E-state index contributed by atoms with van der Waals surface area (Å²) in [4.78, 5) is 24.7. The van der Waals surface area contributed by atoms with E-state index in [1.54, 1.807) is 31.2 Å². The molecule has 1 heterocycles. The standard InChI is InChI=1S/C26H32N2O5/c1-6-31-25(30)18-11-13-19(14-12-18)28-24(29)23-17(2)22-20(9-7-10-21(22)33-23)32-16-8-15-27-26(3,4)5/h7,9-14,27H,6,8,15-16H2,1-5H3,(H,28,29). The van der Waals surface area contributed by atoms with Crippen LogP contribution in [0, 0.1) is 6.92 Å². The van der Waals surface area contributed by atoms with Crippen molar-refractivity contribution in [1.29, 1.82) is 0 Å². The number of anilines is 1. The Balaban J connectivity index is 1.69. The summed E-state index contributed by atoms with van der Waals surface area (Å²) in [7, 11) is 0. The molecule has 1 amide bonds. The minimum absolute atomic E-state index is 0.0720. The second kappa shape index (κ2) is 10.5. The molecule has 0 bridgehead atoms. The predicted octanol–water partition coefficient (Wildman–Crippen LogP) is 5.33. The van der Waals surface area contributed by atoms with E-state index in [-0.39, 0.29) is 17.2 Å². The third-order valence-electron chi connectivity index (χ3n) is 5.01. The smallest absolute Gasteiger partial charge is 0.338 e. The summed E-state index contributed by atoms with van der Waals surface area (Å²) in [6.07, 6.45) is 0.861. The van der Waals surface area contributed by atoms with Gasteiger partial charge in [0.15, 0.2) is 5.76 Å². The van der Waals surface area contributed by atoms with Gasteiger partial charge in [0, 0.05) is 16.8 Å². The fourth-order valence-corrected chi connectivity index (χ4v) is 3.41. The predicted molar refractivity (Wildman–Crippen MR) is 129 cm³/mol. The lowest BCUT2D eigenvalue weighted by atomic mass is 10.1. The number of rotatable bonds is 9. The SMILES string of the molecule is CCOC(=O)c1ccc(NC(=O)c2oc3cccc(OCCCNC(C)(C)C)c3c2C)cc1. The lowest BCUT2D eigenvalue weighted by Gasteiger charge is -2.20. The van der Waals surface area contributed by atoms with Crippen LogP contribution in [0.3, 0.4) is 0 Å². The molecule has 2 N–H and O–H groups in total. The fraction of sp³-hybridized carbons (Fsp3) is 0.385. The van der Waals surface area contributed by atoms with Crippen LogP contribution in [0.15, 0.2) is 46.9 Å². The second-order valence-corrected chi connectivity index (χ2v) is 8.82. The van der Waals surface area contributed by atoms with Gasteiger partial charge in [-0.25, -0.2) is 4.79 Å². The highest BCUT2D eigenvalue weighted by atomic mass is 16.5. The molecule has 33 heavy (non-hydrogen) atoms. The number of amides is 1. The number of fused-ring (bicyclic) bond motifs is 1. The first-order valence-electron chi connectivity index (χ1n) is 11.2. The summed E-state index contributed by atoms with van der Waals surface area (Å²) in [5, 5.41) is 7.05. The summed E-state index contributed by atoms with van der Waals surface area (Å²) in [6, 6.07) is 12.1. The normalized spacial score (nSPS) is 11.4. The maximum Gasteiger partial charge on any atom is 0.338 e. The minimum atomic E-state index is -0.398. The lowest BCUT2D eigenvalue weighted by Crippen LogP contribution is -2.36. The van der Waals surface area contributed by atoms with Crippen molar-refractivity contribution < 1.29 is 23.5 Å². The van der Waals surface area contributed by atoms with Crippen LogP contribution in [0.5, 0.6) is 5.75 Å². The van der Waals surface area contributed by atoms with Gasteiger partial charge in [-0.15, -0.1) is 0 Å². The van der Waals surface area contributed by atoms with Crippen LogP contribution < -0.4 is 15.4 Å². The molecular weight excluding hydrogens is 420 g/mol. The Hall–Kier alpha value is -3.32. The summed E-state index contributed by atoms with van der Waals surface area (Å²) in [6.45, 7) is 11.7. The Morgan fingerprint density at radius 1 is 1.06 bits per heavy atom. The van der Waals surface area contributed by atoms with E-state index in [9.17, 15) is 9.59 Å². The molecule has 0 aliphatic heterocycles. The Morgan fingerprint density at radius 2 is 1.79 bits per heavy atom. The van der Waals surface area contributed by atoms with Crippen LogP contribution in [0.2, 0.25) is 0 Å². The molecule has 7 nitrogen and oxygen atoms in total. The molecule has 1 aromatic heterocycles. The molecule has 0 fully saturated rings. The second-order valence-electron chi connectivity index (χ2n) is 8.82. The Bertz CT molecular complexity index is 1110. The van der Waals surface area contributed by atoms with Gasteiger partial charge in [0.05, 0.1) is 24.2 Å². The number of benzene rings is 2. The molecule has 0 unspecified atom stereocenters. The maximum atomic E-state index is 12.9. The molecule has 0 spiro atoms. The highest BCUT2D eigenvalue weighted by Gasteiger charge is 2.21. The minimum Gasteiger partial charge on any atom is -0.493 e. The van der Waals surface area contributed by atoms with Crippen molar-refractivity contribution in [3.8, 4) is 5.75 Å². The van der Waals surface area contributed by atoms with Gasteiger partial charge >= 0.3 is 5.97 Å². The van der Waals surface area contributed by atoms with E-state index in [0.29, 0.717) is 41.4 Å². The van der Waals surface area contributed by atoms with Crippen molar-refractivity contribution in [1.82, 2.24) is 5.32 Å². The van der Waals surface area contributed by atoms with Crippen molar-refractivity contribution in [3.05, 3.63) is 59.4 Å². The van der Waals surface area contributed by atoms with Gasteiger partial charge in [0.2, 0.25) is 0 Å². The summed E-state index contributed by atoms with van der Waals surface area (Å²) < 4.78 is 16.8. The van der Waals surface area contributed by atoms with Crippen LogP contribution in [-0.2, 0) is 4.74 Å². The maximum absolute atomic E-state index is 12.9. The van der Waals surface area contributed by atoms with E-state index < -0.39 is 5.97 Å². The molecule has 2 aromatic carbocycles. The highest BCUT2D eigenvalue weighted by molar-refractivity contribution is 6.07. The molecule has 3 aromatic rings. The Labute approximate surface area is 194 Å². The van der Waals surface area contributed by atoms with Crippen LogP contribution in [-0.4, -0.2) is 37.2 Å². The van der Waals surface area contributed by atoms with Crippen molar-refractivity contribution in [3.63, 3.8) is 0 Å². The number of nitrogens with one attached hydrogen (secondary N) is 2. The van der Waals surface area contributed by atoms with E-state index in [4.69, 9.17) is 13.9 Å². The molecule has 0 aliphatic carbocycles. The Morgan fingerprint density at radius 3 is 2.45 bits per heavy atom. The first-order chi connectivity index (χ1) is 15.7. The zero-order valence-corrected chi connectivity index (χ0v) is 19.9. The monoisotopic (exact) mass is 452 g/mol. The van der Waals surface area contributed by atoms with E-state index in [0.717, 1.165) is 18.4 Å². The largest absolute Gasteiger partial charge is 0.493 e. The summed E-state index contributed by atoms with van der Waals surface area (Å²) >= 11 is 0. The quantitative estimate of drug-likeness (QED) is 0.337. The van der Waals surface area contributed by atoms with Gasteiger partial charge in [-0.05, 0) is 84.0 Å². The Kier molecular flexibility index (Phi) is 7.76. The van der Waals surface area contributed by atoms with E-state index in [1.807, 2.05) is 25.1 Å². The van der Waals surface area contributed by atoms with Crippen LogP contribution in [0.4, 0.5) is 5.69 Å². The van der Waals surface area contributed by atoms with E-state index in [1.165, 1.54) is 0 Å². The van der Waals surface area contributed by atoms with Gasteiger partial charge in [0.1, 0.15) is 11.3 Å². The summed E-state index contributed by atoms with van der Waals surface area (Å²) in [5.74, 6) is 0.158. The third kappa shape index (κ3) is 6.35. The molecule has 0 radical (unpaired) electrons. The number of furan rings is 1. The van der Waals surface area contributed by atoms with E-state index in [2.05, 4.69) is 31.4 Å². The number of hydrogen-bond acceptors (Lipinski definition) is 6. The van der Waals surface area contributed by atoms with Crippen molar-refractivity contribution in [2.75, 3.05) is 25.1 Å². The number of ether oxygens (including phenoxy) is 2. The third-order valence-corrected chi connectivity index (χ3v) is 5.01.